The normalized spacial score (nSPS) is 27.0. The van der Waals surface area contributed by atoms with Crippen molar-refractivity contribution in [1.82, 2.24) is 0 Å². The average molecular weight is 376 g/mol. The van der Waals surface area contributed by atoms with E-state index in [2.05, 4.69) is 12.1 Å². The lowest BCUT2D eigenvalue weighted by Crippen LogP contribution is -2.09. The number of Topliss-reactive ketones (excluding diaryl/α,β-unsaturated/α-hetero) is 2. The molecule has 0 aromatic heterocycles. The average Bonchev–Trinajstić information content (AvgIpc) is 3.10. The van der Waals surface area contributed by atoms with E-state index in [-0.39, 0.29) is 17.5 Å². The van der Waals surface area contributed by atoms with Gasteiger partial charge in [-0.3, -0.25) is 9.59 Å². The molecule has 1 unspecified atom stereocenters. The van der Waals surface area contributed by atoms with E-state index in [1.807, 2.05) is 31.2 Å². The summed E-state index contributed by atoms with van der Waals surface area (Å²) >= 11 is 0. The van der Waals surface area contributed by atoms with Crippen LogP contribution in [-0.2, 0) is 4.74 Å². The molecule has 0 N–H and O–H groups in total. The molecule has 4 nitrogen and oxygen atoms in total. The van der Waals surface area contributed by atoms with E-state index in [1.165, 1.54) is 0 Å². The van der Waals surface area contributed by atoms with Gasteiger partial charge in [0, 0.05) is 29.9 Å². The SMILES string of the molecule is CCC(=O)c1cc(C(=O)CC2[C@H]3COC[C@@H]23)cc2c1OC[C@H]2c1ccccc1. The summed E-state index contributed by atoms with van der Waals surface area (Å²) in [5.74, 6) is 2.42. The molecule has 0 amide bonds. The summed E-state index contributed by atoms with van der Waals surface area (Å²) < 4.78 is 11.4. The molecule has 1 saturated carbocycles. The highest BCUT2D eigenvalue weighted by Gasteiger charge is 2.54. The van der Waals surface area contributed by atoms with E-state index in [0.29, 0.717) is 54.1 Å². The highest BCUT2D eigenvalue weighted by atomic mass is 16.5. The molecule has 144 valence electrons. The molecule has 1 aliphatic carbocycles. The molecular formula is C24H24O4. The van der Waals surface area contributed by atoms with Crippen molar-refractivity contribution in [1.29, 1.82) is 0 Å². The van der Waals surface area contributed by atoms with Crippen LogP contribution in [0.15, 0.2) is 42.5 Å². The Morgan fingerprint density at radius 3 is 2.46 bits per heavy atom. The molecule has 2 fully saturated rings. The number of ketones is 2. The lowest BCUT2D eigenvalue weighted by molar-refractivity contribution is 0.0951. The molecule has 4 atom stereocenters. The predicted molar refractivity (Wildman–Crippen MR) is 105 cm³/mol. The number of carbonyl (C=O) groups excluding carboxylic acids is 2. The second kappa shape index (κ2) is 6.85. The third-order valence-corrected chi connectivity index (χ3v) is 6.58. The molecule has 1 saturated heterocycles. The zero-order valence-electron chi connectivity index (χ0n) is 16.0. The smallest absolute Gasteiger partial charge is 0.166 e. The molecule has 5 rings (SSSR count). The molecule has 4 heteroatoms. The van der Waals surface area contributed by atoms with E-state index in [4.69, 9.17) is 9.47 Å². The van der Waals surface area contributed by atoms with Crippen LogP contribution in [-0.4, -0.2) is 31.4 Å². The summed E-state index contributed by atoms with van der Waals surface area (Å²) in [5, 5.41) is 0. The van der Waals surface area contributed by atoms with Crippen LogP contribution < -0.4 is 4.74 Å². The van der Waals surface area contributed by atoms with E-state index >= 15 is 0 Å². The molecule has 2 aromatic carbocycles. The van der Waals surface area contributed by atoms with E-state index < -0.39 is 0 Å². The van der Waals surface area contributed by atoms with Gasteiger partial charge < -0.3 is 9.47 Å². The molecular weight excluding hydrogens is 352 g/mol. The highest BCUT2D eigenvalue weighted by molar-refractivity contribution is 6.04. The van der Waals surface area contributed by atoms with Gasteiger partial charge in [-0.25, -0.2) is 0 Å². The Bertz CT molecular complexity index is 923. The quantitative estimate of drug-likeness (QED) is 0.707. The fraction of sp³-hybridized carbons (Fsp3) is 0.417. The number of fused-ring (bicyclic) bond motifs is 2. The van der Waals surface area contributed by atoms with Crippen molar-refractivity contribution in [3.05, 3.63) is 64.7 Å². The van der Waals surface area contributed by atoms with E-state index in [9.17, 15) is 9.59 Å². The van der Waals surface area contributed by atoms with Gasteiger partial charge in [0.05, 0.1) is 25.4 Å². The number of ether oxygens (including phenoxy) is 2. The zero-order chi connectivity index (χ0) is 19.3. The van der Waals surface area contributed by atoms with E-state index in [0.717, 1.165) is 24.3 Å². The Kier molecular flexibility index (Phi) is 4.31. The summed E-state index contributed by atoms with van der Waals surface area (Å²) in [7, 11) is 0. The van der Waals surface area contributed by atoms with Gasteiger partial charge in [0.15, 0.2) is 11.6 Å². The largest absolute Gasteiger partial charge is 0.492 e. The van der Waals surface area contributed by atoms with Crippen LogP contribution in [0.4, 0.5) is 0 Å². The second-order valence-corrected chi connectivity index (χ2v) is 8.15. The molecule has 2 aliphatic heterocycles. The summed E-state index contributed by atoms with van der Waals surface area (Å²) in [6, 6.07) is 13.9. The summed E-state index contributed by atoms with van der Waals surface area (Å²) in [6.07, 6.45) is 0.946. The van der Waals surface area contributed by atoms with Crippen LogP contribution in [0.3, 0.4) is 0 Å². The summed E-state index contributed by atoms with van der Waals surface area (Å²) in [4.78, 5) is 25.6. The van der Waals surface area contributed by atoms with Gasteiger partial charge in [0.1, 0.15) is 5.75 Å². The van der Waals surface area contributed by atoms with Crippen molar-refractivity contribution in [3.8, 4) is 5.75 Å². The van der Waals surface area contributed by atoms with Gasteiger partial charge in [-0.05, 0) is 35.4 Å². The minimum atomic E-state index is 0.0244. The molecule has 28 heavy (non-hydrogen) atoms. The van der Waals surface area contributed by atoms with Crippen molar-refractivity contribution < 1.29 is 19.1 Å². The van der Waals surface area contributed by atoms with Gasteiger partial charge in [-0.2, -0.15) is 0 Å². The molecule has 0 radical (unpaired) electrons. The predicted octanol–water partition coefficient (Wildman–Crippen LogP) is 4.27. The summed E-state index contributed by atoms with van der Waals surface area (Å²) in [6.45, 7) is 3.93. The number of carbonyl (C=O) groups is 2. The van der Waals surface area contributed by atoms with Crippen LogP contribution in [0, 0.1) is 17.8 Å². The molecule has 0 spiro atoms. The van der Waals surface area contributed by atoms with Gasteiger partial charge >= 0.3 is 0 Å². The lowest BCUT2D eigenvalue weighted by atomic mass is 9.88. The molecule has 3 aliphatic rings. The number of benzene rings is 2. The number of hydrogen-bond acceptors (Lipinski definition) is 4. The van der Waals surface area contributed by atoms with Gasteiger partial charge in [-0.1, -0.05) is 37.3 Å². The fourth-order valence-electron chi connectivity index (χ4n) is 4.84. The first-order valence-corrected chi connectivity index (χ1v) is 10.2. The van der Waals surface area contributed by atoms with E-state index in [1.54, 1.807) is 6.07 Å². The van der Waals surface area contributed by atoms with Crippen molar-refractivity contribution in [2.24, 2.45) is 17.8 Å². The minimum absolute atomic E-state index is 0.0244. The Balaban J connectivity index is 1.50. The first kappa shape index (κ1) is 17.6. The molecule has 0 bridgehead atoms. The van der Waals surface area contributed by atoms with Crippen molar-refractivity contribution in [2.75, 3.05) is 19.8 Å². The van der Waals surface area contributed by atoms with Crippen LogP contribution in [0.25, 0.3) is 0 Å². The Hall–Kier alpha value is -2.46. The van der Waals surface area contributed by atoms with Crippen LogP contribution in [0.5, 0.6) is 5.75 Å². The maximum absolute atomic E-state index is 13.0. The standard InChI is InChI=1S/C24H24O4/c1-2-22(25)18-9-15(23(26)10-16-20-11-27-12-21(16)20)8-17-19(13-28-24(17)18)14-6-4-3-5-7-14/h3-9,16,19-21H,2,10-13H2,1H3/t16?,19-,20-,21+/m0/s1. The number of hydrogen-bond donors (Lipinski definition) is 0. The van der Waals surface area contributed by atoms with Crippen LogP contribution in [0.1, 0.15) is 57.5 Å². The Labute approximate surface area is 164 Å². The monoisotopic (exact) mass is 376 g/mol. The van der Waals surface area contributed by atoms with Crippen molar-refractivity contribution in [3.63, 3.8) is 0 Å². The van der Waals surface area contributed by atoms with Gasteiger partial charge in [0.25, 0.3) is 0 Å². The summed E-state index contributed by atoms with van der Waals surface area (Å²) in [5.41, 5.74) is 3.32. The van der Waals surface area contributed by atoms with Crippen LogP contribution >= 0.6 is 0 Å². The van der Waals surface area contributed by atoms with Gasteiger partial charge in [-0.15, -0.1) is 0 Å². The zero-order valence-corrected chi connectivity index (χ0v) is 16.0. The first-order valence-electron chi connectivity index (χ1n) is 10.2. The molecule has 2 aromatic rings. The lowest BCUT2D eigenvalue weighted by Gasteiger charge is -2.13. The second-order valence-electron chi connectivity index (χ2n) is 8.15. The fourth-order valence-corrected chi connectivity index (χ4v) is 4.84. The minimum Gasteiger partial charge on any atom is -0.492 e. The third kappa shape index (κ3) is 2.87. The Morgan fingerprint density at radius 1 is 1.00 bits per heavy atom. The topological polar surface area (TPSA) is 52.6 Å². The number of rotatable bonds is 6. The first-order chi connectivity index (χ1) is 13.7. The van der Waals surface area contributed by atoms with Crippen molar-refractivity contribution >= 4 is 11.6 Å². The van der Waals surface area contributed by atoms with Crippen LogP contribution in [0.2, 0.25) is 0 Å². The highest BCUT2D eigenvalue weighted by Crippen LogP contribution is 2.53. The maximum atomic E-state index is 13.0. The van der Waals surface area contributed by atoms with Gasteiger partial charge in [0.2, 0.25) is 0 Å². The Morgan fingerprint density at radius 2 is 1.75 bits per heavy atom. The third-order valence-electron chi connectivity index (χ3n) is 6.58. The maximum Gasteiger partial charge on any atom is 0.166 e. The molecule has 2 heterocycles. The van der Waals surface area contributed by atoms with Crippen molar-refractivity contribution in [2.45, 2.75) is 25.7 Å².